The van der Waals surface area contributed by atoms with Crippen LogP contribution in [0.5, 0.6) is 0 Å². The molecule has 2 aromatic rings. The Morgan fingerprint density at radius 3 is 1.43 bits per heavy atom. The van der Waals surface area contributed by atoms with Crippen molar-refractivity contribution in [3.8, 4) is 0 Å². The largest absolute Gasteiger partial charge is 0.444 e. The average molecular weight is 679 g/mol. The fourth-order valence-electron chi connectivity index (χ4n) is 6.29. The summed E-state index contributed by atoms with van der Waals surface area (Å²) in [5, 5.41) is 3.36. The van der Waals surface area contributed by atoms with Crippen molar-refractivity contribution in [1.29, 1.82) is 0 Å². The van der Waals surface area contributed by atoms with Gasteiger partial charge in [-0.05, 0) is 117 Å². The number of carbonyl (C=O) groups excluding carboxylic acids is 3. The lowest BCUT2D eigenvalue weighted by atomic mass is 10.0. The molecule has 2 aliphatic rings. The number of aryl methyl sites for hydroxylation is 2. The zero-order valence-corrected chi connectivity index (χ0v) is 31.2. The van der Waals surface area contributed by atoms with Crippen LogP contribution in [-0.2, 0) is 27.1 Å². The van der Waals surface area contributed by atoms with E-state index in [9.17, 15) is 14.4 Å². The van der Waals surface area contributed by atoms with E-state index >= 15 is 0 Å². The van der Waals surface area contributed by atoms with Gasteiger partial charge in [0.1, 0.15) is 11.2 Å². The number of hydrogen-bond acceptors (Lipinski definition) is 6. The monoisotopic (exact) mass is 678 g/mol. The quantitative estimate of drug-likeness (QED) is 0.280. The number of nitrogens with zero attached hydrogens (tertiary/aromatic N) is 3. The molecule has 2 fully saturated rings. The molecule has 0 radical (unpaired) electrons. The number of piperidine rings is 2. The summed E-state index contributed by atoms with van der Waals surface area (Å²) < 4.78 is 11.3. The van der Waals surface area contributed by atoms with E-state index in [1.54, 1.807) is 6.92 Å². The molecule has 0 unspecified atom stereocenters. The molecule has 2 saturated heterocycles. The fourth-order valence-corrected chi connectivity index (χ4v) is 6.29. The van der Waals surface area contributed by atoms with Gasteiger partial charge in [-0.3, -0.25) is 4.79 Å². The maximum atomic E-state index is 12.7. The molecule has 9 nitrogen and oxygen atoms in total. The van der Waals surface area contributed by atoms with Crippen LogP contribution in [0.25, 0.3) is 0 Å². The van der Waals surface area contributed by atoms with Gasteiger partial charge in [0.15, 0.2) is 0 Å². The van der Waals surface area contributed by atoms with Crippen LogP contribution >= 0.6 is 0 Å². The van der Waals surface area contributed by atoms with E-state index in [0.29, 0.717) is 25.7 Å². The van der Waals surface area contributed by atoms with Gasteiger partial charge >= 0.3 is 12.2 Å². The van der Waals surface area contributed by atoms with Crippen LogP contribution in [0.1, 0.15) is 98.1 Å². The highest BCUT2D eigenvalue weighted by atomic mass is 16.6. The molecule has 0 spiro atoms. The molecule has 0 atom stereocenters. The smallest absolute Gasteiger partial charge is 0.410 e. The summed E-state index contributed by atoms with van der Waals surface area (Å²) in [5.74, 6) is 0.108. The maximum Gasteiger partial charge on any atom is 0.410 e. The normalized spacial score (nSPS) is 15.9. The number of amides is 3. The Hall–Kier alpha value is -3.59. The van der Waals surface area contributed by atoms with E-state index in [2.05, 4.69) is 41.7 Å². The van der Waals surface area contributed by atoms with Gasteiger partial charge < -0.3 is 29.5 Å². The molecule has 0 saturated carbocycles. The Balaban J connectivity index is 0.000000267. The Kier molecular flexibility index (Phi) is 15.9. The van der Waals surface area contributed by atoms with Crippen molar-refractivity contribution in [2.45, 2.75) is 123 Å². The van der Waals surface area contributed by atoms with Crippen LogP contribution in [0.2, 0.25) is 0 Å². The highest BCUT2D eigenvalue weighted by Crippen LogP contribution is 2.21. The van der Waals surface area contributed by atoms with Crippen LogP contribution in [0.15, 0.2) is 60.7 Å². The minimum atomic E-state index is -0.505. The molecule has 2 aliphatic heterocycles. The number of carbonyl (C=O) groups is 3. The van der Waals surface area contributed by atoms with Crippen LogP contribution in [0, 0.1) is 0 Å². The molecule has 0 aliphatic carbocycles. The molecule has 3 amide bonds. The molecule has 9 heteroatoms. The minimum absolute atomic E-state index is 0.108. The van der Waals surface area contributed by atoms with Crippen molar-refractivity contribution in [3.63, 3.8) is 0 Å². The Morgan fingerprint density at radius 2 is 1.06 bits per heavy atom. The van der Waals surface area contributed by atoms with Crippen molar-refractivity contribution < 1.29 is 23.9 Å². The Labute approximate surface area is 295 Å². The summed E-state index contributed by atoms with van der Waals surface area (Å²) in [7, 11) is 0. The molecular formula is C40H62N4O5. The number of rotatable bonds is 10. The molecular weight excluding hydrogens is 616 g/mol. The van der Waals surface area contributed by atoms with E-state index < -0.39 is 11.2 Å². The highest BCUT2D eigenvalue weighted by molar-refractivity contribution is 5.73. The fraction of sp³-hybridized carbons (Fsp3) is 0.625. The summed E-state index contributed by atoms with van der Waals surface area (Å²) >= 11 is 0. The van der Waals surface area contributed by atoms with Crippen molar-refractivity contribution in [2.24, 2.45) is 0 Å². The second-order valence-corrected chi connectivity index (χ2v) is 15.2. The molecule has 0 bridgehead atoms. The Bertz CT molecular complexity index is 1260. The average Bonchev–Trinajstić information content (AvgIpc) is 3.05. The number of hydrogen-bond donors (Lipinski definition) is 1. The van der Waals surface area contributed by atoms with Crippen molar-refractivity contribution in [3.05, 3.63) is 71.8 Å². The molecule has 272 valence electrons. The third kappa shape index (κ3) is 15.2. The van der Waals surface area contributed by atoms with Gasteiger partial charge in [-0.25, -0.2) is 9.59 Å². The number of ether oxygens (including phenoxy) is 2. The summed E-state index contributed by atoms with van der Waals surface area (Å²) in [6, 6.07) is 21.2. The molecule has 2 heterocycles. The first kappa shape index (κ1) is 39.8. The summed E-state index contributed by atoms with van der Waals surface area (Å²) in [6.45, 7) is 17.9. The number of benzene rings is 2. The van der Waals surface area contributed by atoms with Gasteiger partial charge in [0.05, 0.1) is 0 Å². The molecule has 2 aromatic carbocycles. The van der Waals surface area contributed by atoms with Crippen molar-refractivity contribution in [1.82, 2.24) is 20.0 Å². The second kappa shape index (κ2) is 19.6. The van der Waals surface area contributed by atoms with E-state index in [1.807, 2.05) is 80.5 Å². The lowest BCUT2D eigenvalue weighted by molar-refractivity contribution is -0.130. The summed E-state index contributed by atoms with van der Waals surface area (Å²) in [5.41, 5.74) is 1.65. The zero-order chi connectivity index (χ0) is 35.9. The lowest BCUT2D eigenvalue weighted by Crippen LogP contribution is -2.50. The first-order valence-corrected chi connectivity index (χ1v) is 18.2. The van der Waals surface area contributed by atoms with Gasteiger partial charge in [0, 0.05) is 45.2 Å². The highest BCUT2D eigenvalue weighted by Gasteiger charge is 2.32. The predicted molar refractivity (Wildman–Crippen MR) is 197 cm³/mol. The molecule has 4 rings (SSSR count). The van der Waals surface area contributed by atoms with Gasteiger partial charge in [-0.2, -0.15) is 0 Å². The minimum Gasteiger partial charge on any atom is -0.444 e. The predicted octanol–water partition coefficient (Wildman–Crippen LogP) is 7.48. The lowest BCUT2D eigenvalue weighted by Gasteiger charge is -2.38. The third-order valence-corrected chi connectivity index (χ3v) is 8.77. The van der Waals surface area contributed by atoms with E-state index in [1.165, 1.54) is 11.1 Å². The maximum absolute atomic E-state index is 12.7. The van der Waals surface area contributed by atoms with Crippen LogP contribution in [0.4, 0.5) is 9.59 Å². The number of nitrogens with one attached hydrogen (secondary N) is 1. The van der Waals surface area contributed by atoms with Crippen LogP contribution in [-0.4, -0.2) is 95.3 Å². The van der Waals surface area contributed by atoms with Gasteiger partial charge in [-0.1, -0.05) is 60.7 Å². The molecule has 1 N–H and O–H groups in total. The van der Waals surface area contributed by atoms with Crippen LogP contribution < -0.4 is 5.32 Å². The van der Waals surface area contributed by atoms with Gasteiger partial charge in [-0.15, -0.1) is 0 Å². The van der Waals surface area contributed by atoms with Crippen molar-refractivity contribution >= 4 is 18.1 Å². The van der Waals surface area contributed by atoms with E-state index in [0.717, 1.165) is 71.0 Å². The SMILES string of the molecule is CC(=O)N1CCC(N(CCCc2ccccc2)C(=O)OC(C)(C)C)CC1.CC(C)(C)OC(=O)N(CCCc1ccccc1)C1CCNCC1. The molecule has 0 aromatic heterocycles. The second-order valence-electron chi connectivity index (χ2n) is 15.2. The molecule has 49 heavy (non-hydrogen) atoms. The zero-order valence-electron chi connectivity index (χ0n) is 31.2. The third-order valence-electron chi connectivity index (χ3n) is 8.77. The summed E-state index contributed by atoms with van der Waals surface area (Å²) in [4.78, 5) is 42.6. The first-order chi connectivity index (χ1) is 23.2. The first-order valence-electron chi connectivity index (χ1n) is 18.2. The number of likely N-dealkylation sites (tertiary alicyclic amines) is 1. The van der Waals surface area contributed by atoms with Gasteiger partial charge in [0.2, 0.25) is 5.91 Å². The summed E-state index contributed by atoms with van der Waals surface area (Å²) in [6.07, 6.45) is 7.01. The van der Waals surface area contributed by atoms with E-state index in [4.69, 9.17) is 9.47 Å². The van der Waals surface area contributed by atoms with E-state index in [-0.39, 0.29) is 24.1 Å². The van der Waals surface area contributed by atoms with Gasteiger partial charge in [0.25, 0.3) is 0 Å². The topological polar surface area (TPSA) is 91.4 Å². The van der Waals surface area contributed by atoms with Crippen LogP contribution in [0.3, 0.4) is 0 Å². The standard InChI is InChI=1S/C21H32N2O3.C19H30N2O2/c1-17(24)22-15-12-19(13-16-22)23(20(25)26-21(2,3)4)14-8-11-18-9-6-5-7-10-18;1-19(2,3)23-18(22)21(17-11-13-20-14-12-17)15-7-10-16-8-5-4-6-9-16/h5-7,9-10,19H,8,11-16H2,1-4H3;4-6,8-9,17,20H,7,10-15H2,1-3H3. The van der Waals surface area contributed by atoms with Crippen molar-refractivity contribution in [2.75, 3.05) is 39.3 Å². The Morgan fingerprint density at radius 1 is 0.673 bits per heavy atom.